The summed E-state index contributed by atoms with van der Waals surface area (Å²) in [7, 11) is 1.58. The lowest BCUT2D eigenvalue weighted by molar-refractivity contribution is 0.394. The highest BCUT2D eigenvalue weighted by Crippen LogP contribution is 2.22. The van der Waals surface area contributed by atoms with Gasteiger partial charge in [0.05, 0.1) is 17.8 Å². The molecule has 0 bridgehead atoms. The van der Waals surface area contributed by atoms with Crippen molar-refractivity contribution in [1.29, 1.82) is 0 Å². The minimum absolute atomic E-state index is 0.0567. The number of methoxy groups -OCH3 is 1. The van der Waals surface area contributed by atoms with E-state index < -0.39 is 0 Å². The number of anilines is 1. The van der Waals surface area contributed by atoms with E-state index in [9.17, 15) is 0 Å². The number of ether oxygens (including phenoxy) is 1. The Labute approximate surface area is 92.2 Å². The standard InChI is InChI=1S/C9H14BrN3O/c1-9(2,3)13-8-11-5-6(10)7(12-8)14-4/h5H,1-4H3,(H,11,12,13). The smallest absolute Gasteiger partial charge is 0.232 e. The molecule has 0 aliphatic heterocycles. The molecule has 0 radical (unpaired) electrons. The first-order valence-electron chi connectivity index (χ1n) is 4.27. The third-order valence-electron chi connectivity index (χ3n) is 1.39. The third kappa shape index (κ3) is 3.14. The van der Waals surface area contributed by atoms with Gasteiger partial charge in [0.1, 0.15) is 0 Å². The number of hydrogen-bond acceptors (Lipinski definition) is 4. The van der Waals surface area contributed by atoms with Crippen LogP contribution in [0.2, 0.25) is 0 Å². The molecule has 0 aliphatic carbocycles. The highest BCUT2D eigenvalue weighted by molar-refractivity contribution is 9.10. The van der Waals surface area contributed by atoms with E-state index >= 15 is 0 Å². The van der Waals surface area contributed by atoms with E-state index in [0.717, 1.165) is 4.47 Å². The van der Waals surface area contributed by atoms with Crippen molar-refractivity contribution < 1.29 is 4.74 Å². The zero-order valence-electron chi connectivity index (χ0n) is 8.76. The molecule has 14 heavy (non-hydrogen) atoms. The number of aromatic nitrogens is 2. The predicted octanol–water partition coefficient (Wildman–Crippen LogP) is 2.46. The fraction of sp³-hybridized carbons (Fsp3) is 0.556. The van der Waals surface area contributed by atoms with Gasteiger partial charge in [-0.3, -0.25) is 0 Å². The average Bonchev–Trinajstić information content (AvgIpc) is 2.06. The zero-order chi connectivity index (χ0) is 10.8. The molecule has 0 fully saturated rings. The maximum Gasteiger partial charge on any atom is 0.232 e. The second-order valence-electron chi connectivity index (χ2n) is 3.93. The van der Waals surface area contributed by atoms with Crippen LogP contribution in [0.25, 0.3) is 0 Å². The fourth-order valence-corrected chi connectivity index (χ4v) is 1.24. The highest BCUT2D eigenvalue weighted by Gasteiger charge is 2.12. The number of halogens is 1. The van der Waals surface area contributed by atoms with E-state index in [1.54, 1.807) is 13.3 Å². The van der Waals surface area contributed by atoms with Crippen molar-refractivity contribution in [2.24, 2.45) is 0 Å². The second kappa shape index (κ2) is 4.13. The summed E-state index contributed by atoms with van der Waals surface area (Å²) in [6, 6.07) is 0. The maximum absolute atomic E-state index is 5.06. The zero-order valence-corrected chi connectivity index (χ0v) is 10.3. The largest absolute Gasteiger partial charge is 0.480 e. The molecule has 1 aromatic rings. The van der Waals surface area contributed by atoms with Crippen LogP contribution in [0.3, 0.4) is 0 Å². The minimum atomic E-state index is -0.0567. The normalized spacial score (nSPS) is 11.2. The minimum Gasteiger partial charge on any atom is -0.480 e. The van der Waals surface area contributed by atoms with Crippen LogP contribution < -0.4 is 10.1 Å². The fourth-order valence-electron chi connectivity index (χ4n) is 0.890. The first-order chi connectivity index (χ1) is 6.42. The molecule has 0 atom stereocenters. The molecule has 0 aromatic carbocycles. The van der Waals surface area contributed by atoms with E-state index in [1.165, 1.54) is 0 Å². The van der Waals surface area contributed by atoms with E-state index in [2.05, 4.69) is 31.2 Å². The molecule has 1 N–H and O–H groups in total. The molecule has 78 valence electrons. The van der Waals surface area contributed by atoms with Gasteiger partial charge in [0, 0.05) is 5.54 Å². The Hall–Kier alpha value is -0.840. The van der Waals surface area contributed by atoms with E-state index in [0.29, 0.717) is 11.8 Å². The molecule has 1 aromatic heterocycles. The van der Waals surface area contributed by atoms with Gasteiger partial charge < -0.3 is 10.1 Å². The molecule has 0 saturated carbocycles. The van der Waals surface area contributed by atoms with Crippen molar-refractivity contribution in [2.75, 3.05) is 12.4 Å². The summed E-state index contributed by atoms with van der Waals surface area (Å²) < 4.78 is 5.81. The van der Waals surface area contributed by atoms with Gasteiger partial charge in [-0.2, -0.15) is 4.98 Å². The molecule has 0 saturated heterocycles. The summed E-state index contributed by atoms with van der Waals surface area (Å²) in [5, 5.41) is 3.16. The summed E-state index contributed by atoms with van der Waals surface area (Å²) in [5.74, 6) is 1.10. The van der Waals surface area contributed by atoms with Crippen LogP contribution in [0.15, 0.2) is 10.7 Å². The van der Waals surface area contributed by atoms with E-state index in [4.69, 9.17) is 4.74 Å². The van der Waals surface area contributed by atoms with Crippen molar-refractivity contribution in [3.63, 3.8) is 0 Å². The number of nitrogens with one attached hydrogen (secondary N) is 1. The first-order valence-corrected chi connectivity index (χ1v) is 5.06. The molecule has 5 heteroatoms. The van der Waals surface area contributed by atoms with Gasteiger partial charge in [-0.05, 0) is 36.7 Å². The Morgan fingerprint density at radius 1 is 1.43 bits per heavy atom. The number of nitrogens with zero attached hydrogens (tertiary/aromatic N) is 2. The topological polar surface area (TPSA) is 47.0 Å². The van der Waals surface area contributed by atoms with Crippen molar-refractivity contribution >= 4 is 21.9 Å². The maximum atomic E-state index is 5.06. The quantitative estimate of drug-likeness (QED) is 0.887. The van der Waals surface area contributed by atoms with Gasteiger partial charge in [-0.15, -0.1) is 0 Å². The van der Waals surface area contributed by atoms with Crippen molar-refractivity contribution in [1.82, 2.24) is 9.97 Å². The Kier molecular flexibility index (Phi) is 3.31. The van der Waals surface area contributed by atoms with Gasteiger partial charge in [0.15, 0.2) is 0 Å². The molecule has 1 rings (SSSR count). The van der Waals surface area contributed by atoms with Crippen LogP contribution >= 0.6 is 15.9 Å². The van der Waals surface area contributed by atoms with Gasteiger partial charge in [0.2, 0.25) is 11.8 Å². The first kappa shape index (κ1) is 11.2. The SMILES string of the molecule is COc1nc(NC(C)(C)C)ncc1Br. The molecule has 4 nitrogen and oxygen atoms in total. The van der Waals surface area contributed by atoms with Crippen LogP contribution in [-0.2, 0) is 0 Å². The molecule has 0 amide bonds. The Bertz CT molecular complexity index is 322. The van der Waals surface area contributed by atoms with Gasteiger partial charge >= 0.3 is 0 Å². The van der Waals surface area contributed by atoms with Gasteiger partial charge in [-0.25, -0.2) is 4.98 Å². The molecule has 0 unspecified atom stereocenters. The molecule has 0 spiro atoms. The van der Waals surface area contributed by atoms with Crippen LogP contribution in [0, 0.1) is 0 Å². The van der Waals surface area contributed by atoms with Crippen molar-refractivity contribution in [3.8, 4) is 5.88 Å². The molecular weight excluding hydrogens is 246 g/mol. The average molecular weight is 260 g/mol. The Morgan fingerprint density at radius 3 is 2.57 bits per heavy atom. The van der Waals surface area contributed by atoms with E-state index in [-0.39, 0.29) is 5.54 Å². The molecule has 1 heterocycles. The summed E-state index contributed by atoms with van der Waals surface area (Å²) in [5.41, 5.74) is -0.0567. The van der Waals surface area contributed by atoms with Gasteiger partial charge in [-0.1, -0.05) is 0 Å². The summed E-state index contributed by atoms with van der Waals surface area (Å²) >= 11 is 3.29. The summed E-state index contributed by atoms with van der Waals surface area (Å²) in [6.07, 6.45) is 1.67. The number of hydrogen-bond donors (Lipinski definition) is 1. The molecule has 0 aliphatic rings. The van der Waals surface area contributed by atoms with Crippen LogP contribution in [-0.4, -0.2) is 22.6 Å². The lowest BCUT2D eigenvalue weighted by Crippen LogP contribution is -2.27. The highest BCUT2D eigenvalue weighted by atomic mass is 79.9. The Morgan fingerprint density at radius 2 is 2.07 bits per heavy atom. The monoisotopic (exact) mass is 259 g/mol. The lowest BCUT2D eigenvalue weighted by Gasteiger charge is -2.20. The van der Waals surface area contributed by atoms with Gasteiger partial charge in [0.25, 0.3) is 0 Å². The predicted molar refractivity (Wildman–Crippen MR) is 59.7 cm³/mol. The second-order valence-corrected chi connectivity index (χ2v) is 4.78. The van der Waals surface area contributed by atoms with Crippen LogP contribution in [0.4, 0.5) is 5.95 Å². The van der Waals surface area contributed by atoms with Crippen molar-refractivity contribution in [2.45, 2.75) is 26.3 Å². The summed E-state index contributed by atoms with van der Waals surface area (Å²) in [4.78, 5) is 8.31. The van der Waals surface area contributed by atoms with Crippen LogP contribution in [0.5, 0.6) is 5.88 Å². The van der Waals surface area contributed by atoms with Crippen LogP contribution in [0.1, 0.15) is 20.8 Å². The Balaban J connectivity index is 2.90. The number of rotatable bonds is 2. The molecular formula is C9H14BrN3O. The summed E-state index contributed by atoms with van der Waals surface area (Å²) in [6.45, 7) is 6.14. The van der Waals surface area contributed by atoms with E-state index in [1.807, 2.05) is 20.8 Å². The lowest BCUT2D eigenvalue weighted by atomic mass is 10.1. The third-order valence-corrected chi connectivity index (χ3v) is 1.94. The van der Waals surface area contributed by atoms with Crippen molar-refractivity contribution in [3.05, 3.63) is 10.7 Å².